The summed E-state index contributed by atoms with van der Waals surface area (Å²) in [5.74, 6) is 7.13. The average molecular weight is 165 g/mol. The molecule has 0 atom stereocenters. The van der Waals surface area contributed by atoms with Gasteiger partial charge < -0.3 is 4.84 Å². The zero-order valence-corrected chi connectivity index (χ0v) is 7.55. The van der Waals surface area contributed by atoms with Gasteiger partial charge in [-0.25, -0.2) is 0 Å². The van der Waals surface area contributed by atoms with Crippen LogP contribution in [0.5, 0.6) is 0 Å². The molecule has 0 amide bonds. The SMILES string of the molecule is CON=CCCCC#CC1CC1. The van der Waals surface area contributed by atoms with E-state index in [9.17, 15) is 0 Å². The molecule has 0 aliphatic heterocycles. The Labute approximate surface area is 74.0 Å². The third-order valence-electron chi connectivity index (χ3n) is 1.70. The second kappa shape index (κ2) is 5.65. The summed E-state index contributed by atoms with van der Waals surface area (Å²) < 4.78 is 0. The second-order valence-electron chi connectivity index (χ2n) is 2.96. The van der Waals surface area contributed by atoms with Gasteiger partial charge >= 0.3 is 0 Å². The highest BCUT2D eigenvalue weighted by Gasteiger charge is 2.17. The predicted octanol–water partition coefficient (Wildman–Crippen LogP) is 2.20. The van der Waals surface area contributed by atoms with Crippen LogP contribution in [0.4, 0.5) is 0 Å². The number of nitrogens with zero attached hydrogens (tertiary/aromatic N) is 1. The Balaban J connectivity index is 1.89. The van der Waals surface area contributed by atoms with E-state index in [4.69, 9.17) is 0 Å². The molecule has 1 aliphatic rings. The van der Waals surface area contributed by atoms with Crippen molar-refractivity contribution in [1.29, 1.82) is 0 Å². The first-order valence-corrected chi connectivity index (χ1v) is 4.47. The number of unbranched alkanes of at least 4 members (excludes halogenated alkanes) is 2. The van der Waals surface area contributed by atoms with E-state index in [-0.39, 0.29) is 0 Å². The van der Waals surface area contributed by atoms with E-state index in [1.54, 1.807) is 13.3 Å². The number of rotatable bonds is 4. The van der Waals surface area contributed by atoms with Crippen molar-refractivity contribution in [2.45, 2.75) is 32.1 Å². The van der Waals surface area contributed by atoms with E-state index in [1.165, 1.54) is 12.8 Å². The summed E-state index contributed by atoms with van der Waals surface area (Å²) in [6, 6.07) is 0. The van der Waals surface area contributed by atoms with Gasteiger partial charge in [0.05, 0.1) is 0 Å². The maximum Gasteiger partial charge on any atom is 0.106 e. The zero-order chi connectivity index (χ0) is 8.65. The van der Waals surface area contributed by atoms with Crippen molar-refractivity contribution in [2.24, 2.45) is 11.1 Å². The first kappa shape index (κ1) is 9.12. The van der Waals surface area contributed by atoms with Crippen LogP contribution in [0.25, 0.3) is 0 Å². The molecule has 0 aromatic heterocycles. The zero-order valence-electron chi connectivity index (χ0n) is 7.55. The molecule has 0 unspecified atom stereocenters. The van der Waals surface area contributed by atoms with Crippen molar-refractivity contribution in [2.75, 3.05) is 7.11 Å². The molecule has 1 aliphatic carbocycles. The molecule has 12 heavy (non-hydrogen) atoms. The third-order valence-corrected chi connectivity index (χ3v) is 1.70. The number of hydrogen-bond acceptors (Lipinski definition) is 2. The topological polar surface area (TPSA) is 21.6 Å². The van der Waals surface area contributed by atoms with Gasteiger partial charge in [-0.3, -0.25) is 0 Å². The molecule has 0 spiro atoms. The number of hydrogen-bond donors (Lipinski definition) is 0. The van der Waals surface area contributed by atoms with Crippen molar-refractivity contribution < 1.29 is 4.84 Å². The van der Waals surface area contributed by atoms with Crippen LogP contribution in [0.15, 0.2) is 5.16 Å². The molecule has 0 heterocycles. The molecule has 0 bridgehead atoms. The van der Waals surface area contributed by atoms with E-state index < -0.39 is 0 Å². The Bertz CT molecular complexity index is 196. The summed E-state index contributed by atoms with van der Waals surface area (Å²) in [4.78, 5) is 4.53. The summed E-state index contributed by atoms with van der Waals surface area (Å²) in [6.07, 6.45) is 7.47. The standard InChI is InChI=1S/C10H15NO/c1-12-11-9-5-3-2-4-6-10-7-8-10/h9-10H,2-3,5,7-8H2,1H3. The van der Waals surface area contributed by atoms with E-state index in [0.29, 0.717) is 0 Å². The summed E-state index contributed by atoms with van der Waals surface area (Å²) >= 11 is 0. The van der Waals surface area contributed by atoms with E-state index in [1.807, 2.05) is 0 Å². The van der Waals surface area contributed by atoms with Gasteiger partial charge in [-0.05, 0) is 25.7 Å². The summed E-state index contributed by atoms with van der Waals surface area (Å²) in [7, 11) is 1.56. The maximum absolute atomic E-state index is 4.53. The lowest BCUT2D eigenvalue weighted by Gasteiger charge is -1.87. The highest BCUT2D eigenvalue weighted by molar-refractivity contribution is 5.56. The van der Waals surface area contributed by atoms with Gasteiger partial charge in [0.25, 0.3) is 0 Å². The number of oxime groups is 1. The molecule has 0 N–H and O–H groups in total. The molecule has 0 aromatic carbocycles. The normalized spacial score (nSPS) is 15.8. The van der Waals surface area contributed by atoms with Crippen molar-refractivity contribution in [3.63, 3.8) is 0 Å². The molecule has 0 radical (unpaired) electrons. The van der Waals surface area contributed by atoms with Gasteiger partial charge in [-0.15, -0.1) is 5.92 Å². The predicted molar refractivity (Wildman–Crippen MR) is 49.9 cm³/mol. The Morgan fingerprint density at radius 2 is 2.42 bits per heavy atom. The van der Waals surface area contributed by atoms with Crippen LogP contribution in [-0.4, -0.2) is 13.3 Å². The fourth-order valence-corrected chi connectivity index (χ4v) is 0.853. The second-order valence-corrected chi connectivity index (χ2v) is 2.96. The molecule has 66 valence electrons. The van der Waals surface area contributed by atoms with Crippen LogP contribution >= 0.6 is 0 Å². The molecule has 1 rings (SSSR count). The highest BCUT2D eigenvalue weighted by atomic mass is 16.6. The fourth-order valence-electron chi connectivity index (χ4n) is 0.853. The molecular weight excluding hydrogens is 150 g/mol. The Kier molecular flexibility index (Phi) is 4.30. The van der Waals surface area contributed by atoms with Gasteiger partial charge in [0.15, 0.2) is 0 Å². The molecule has 0 saturated heterocycles. The van der Waals surface area contributed by atoms with Crippen LogP contribution in [0.2, 0.25) is 0 Å². The van der Waals surface area contributed by atoms with Crippen molar-refractivity contribution in [3.8, 4) is 11.8 Å². The average Bonchev–Trinajstić information content (AvgIpc) is 2.87. The van der Waals surface area contributed by atoms with Crippen molar-refractivity contribution in [1.82, 2.24) is 0 Å². The molecule has 1 fully saturated rings. The Hall–Kier alpha value is -0.970. The van der Waals surface area contributed by atoms with E-state index in [0.717, 1.165) is 25.2 Å². The van der Waals surface area contributed by atoms with Crippen LogP contribution in [0.3, 0.4) is 0 Å². The van der Waals surface area contributed by atoms with E-state index in [2.05, 4.69) is 21.8 Å². The van der Waals surface area contributed by atoms with Gasteiger partial charge in [0, 0.05) is 18.6 Å². The quantitative estimate of drug-likeness (QED) is 0.271. The molecule has 2 nitrogen and oxygen atoms in total. The summed E-state index contributed by atoms with van der Waals surface area (Å²) in [6.45, 7) is 0. The smallest absolute Gasteiger partial charge is 0.106 e. The minimum absolute atomic E-state index is 0.734. The maximum atomic E-state index is 4.53. The van der Waals surface area contributed by atoms with Crippen molar-refractivity contribution >= 4 is 6.21 Å². The Morgan fingerprint density at radius 1 is 1.58 bits per heavy atom. The first-order valence-electron chi connectivity index (χ1n) is 4.47. The molecule has 0 aromatic rings. The minimum Gasteiger partial charge on any atom is -0.399 e. The third kappa shape index (κ3) is 4.79. The molecule has 1 saturated carbocycles. The van der Waals surface area contributed by atoms with Crippen LogP contribution < -0.4 is 0 Å². The van der Waals surface area contributed by atoms with Gasteiger partial charge in [0.2, 0.25) is 0 Å². The highest BCUT2D eigenvalue weighted by Crippen LogP contribution is 2.27. The lowest BCUT2D eigenvalue weighted by molar-refractivity contribution is 0.214. The molecule has 2 heteroatoms. The van der Waals surface area contributed by atoms with Crippen LogP contribution in [-0.2, 0) is 4.84 Å². The van der Waals surface area contributed by atoms with Gasteiger partial charge in [0.1, 0.15) is 7.11 Å². The lowest BCUT2D eigenvalue weighted by atomic mass is 10.2. The first-order chi connectivity index (χ1) is 5.93. The van der Waals surface area contributed by atoms with Crippen LogP contribution in [0.1, 0.15) is 32.1 Å². The monoisotopic (exact) mass is 165 g/mol. The van der Waals surface area contributed by atoms with Crippen molar-refractivity contribution in [3.05, 3.63) is 0 Å². The largest absolute Gasteiger partial charge is 0.399 e. The summed E-state index contributed by atoms with van der Waals surface area (Å²) in [5.41, 5.74) is 0. The van der Waals surface area contributed by atoms with Gasteiger partial charge in [-0.2, -0.15) is 0 Å². The molecular formula is C10H15NO. The fraction of sp³-hybridized carbons (Fsp3) is 0.700. The Morgan fingerprint density at radius 3 is 3.08 bits per heavy atom. The lowest BCUT2D eigenvalue weighted by Crippen LogP contribution is -1.77. The minimum atomic E-state index is 0.734. The van der Waals surface area contributed by atoms with Gasteiger partial charge in [-0.1, -0.05) is 11.1 Å². The van der Waals surface area contributed by atoms with Crippen LogP contribution in [0, 0.1) is 17.8 Å². The summed E-state index contributed by atoms with van der Waals surface area (Å²) in [5, 5.41) is 3.64. The van der Waals surface area contributed by atoms with E-state index >= 15 is 0 Å².